The Labute approximate surface area is 184 Å². The molecule has 0 aliphatic rings. The average molecular weight is 502 g/mol. The highest BCUT2D eigenvalue weighted by molar-refractivity contribution is 14.0. The Bertz CT molecular complexity index is 690. The summed E-state index contributed by atoms with van der Waals surface area (Å²) in [6, 6.07) is 8.18. The molecule has 0 fully saturated rings. The number of hydrogen-bond donors (Lipinski definition) is 2. The maximum absolute atomic E-state index is 5.77. The van der Waals surface area contributed by atoms with Crippen molar-refractivity contribution in [1.82, 2.24) is 15.6 Å². The summed E-state index contributed by atoms with van der Waals surface area (Å²) in [5, 5.41) is 9.90. The lowest BCUT2D eigenvalue weighted by Gasteiger charge is -2.11. The van der Waals surface area contributed by atoms with E-state index in [0.29, 0.717) is 6.54 Å². The van der Waals surface area contributed by atoms with Crippen molar-refractivity contribution in [2.24, 2.45) is 4.99 Å². The van der Waals surface area contributed by atoms with Crippen molar-refractivity contribution in [2.75, 3.05) is 19.7 Å². The minimum Gasteiger partial charge on any atom is -0.494 e. The number of ether oxygens (including phenoxy) is 1. The van der Waals surface area contributed by atoms with Gasteiger partial charge in [-0.15, -0.1) is 35.3 Å². The number of nitrogens with zero attached hydrogens (tertiary/aromatic N) is 2. The van der Waals surface area contributed by atoms with Crippen molar-refractivity contribution in [1.29, 1.82) is 0 Å². The van der Waals surface area contributed by atoms with E-state index in [9.17, 15) is 0 Å². The van der Waals surface area contributed by atoms with Crippen molar-refractivity contribution in [3.8, 4) is 5.75 Å². The molecule has 7 heteroatoms. The van der Waals surface area contributed by atoms with Crippen LogP contribution < -0.4 is 15.4 Å². The van der Waals surface area contributed by atoms with Crippen LogP contribution >= 0.6 is 35.3 Å². The Kier molecular flexibility index (Phi) is 12.1. The quantitative estimate of drug-likeness (QED) is 0.217. The molecule has 1 aromatic heterocycles. The normalized spacial score (nSPS) is 11.0. The maximum Gasteiger partial charge on any atom is 0.191 e. The van der Waals surface area contributed by atoms with Crippen molar-refractivity contribution in [2.45, 2.75) is 46.6 Å². The van der Waals surface area contributed by atoms with Gasteiger partial charge in [-0.3, -0.25) is 0 Å². The Morgan fingerprint density at radius 1 is 1.26 bits per heavy atom. The zero-order chi connectivity index (χ0) is 18.6. The van der Waals surface area contributed by atoms with Gasteiger partial charge in [0.2, 0.25) is 0 Å². The zero-order valence-corrected chi connectivity index (χ0v) is 19.6. The summed E-state index contributed by atoms with van der Waals surface area (Å²) < 4.78 is 5.77. The first-order valence-corrected chi connectivity index (χ1v) is 10.2. The number of thiazole rings is 1. The van der Waals surface area contributed by atoms with Crippen LogP contribution in [0.25, 0.3) is 0 Å². The minimum absolute atomic E-state index is 0. The summed E-state index contributed by atoms with van der Waals surface area (Å²) in [5.41, 5.74) is 2.28. The first-order valence-electron chi connectivity index (χ1n) is 9.36. The van der Waals surface area contributed by atoms with E-state index >= 15 is 0 Å². The third-order valence-corrected chi connectivity index (χ3v) is 4.59. The maximum atomic E-state index is 5.77. The molecule has 0 spiro atoms. The monoisotopic (exact) mass is 502 g/mol. The Balaban J connectivity index is 0.00000364. The van der Waals surface area contributed by atoms with Crippen LogP contribution in [0.1, 0.15) is 43.0 Å². The van der Waals surface area contributed by atoms with E-state index in [1.165, 1.54) is 0 Å². The molecule has 1 aromatic carbocycles. The summed E-state index contributed by atoms with van der Waals surface area (Å²) in [6.07, 6.45) is 3.12. The largest absolute Gasteiger partial charge is 0.494 e. The molecule has 0 saturated heterocycles. The third-order valence-electron chi connectivity index (χ3n) is 3.77. The number of halogens is 1. The van der Waals surface area contributed by atoms with Crippen LogP contribution in [0.3, 0.4) is 0 Å². The van der Waals surface area contributed by atoms with Crippen LogP contribution in [0.5, 0.6) is 5.75 Å². The molecule has 5 nitrogen and oxygen atoms in total. The second-order valence-corrected chi connectivity index (χ2v) is 7.14. The predicted octanol–water partition coefficient (Wildman–Crippen LogP) is 4.55. The van der Waals surface area contributed by atoms with E-state index < -0.39 is 0 Å². The van der Waals surface area contributed by atoms with Crippen LogP contribution in [0.15, 0.2) is 34.6 Å². The molecule has 0 bridgehead atoms. The van der Waals surface area contributed by atoms with Gasteiger partial charge in [0.15, 0.2) is 5.96 Å². The van der Waals surface area contributed by atoms with E-state index in [0.717, 1.165) is 66.9 Å². The Morgan fingerprint density at radius 2 is 2.11 bits per heavy atom. The molecule has 0 atom stereocenters. The molecule has 2 aromatic rings. The fourth-order valence-electron chi connectivity index (χ4n) is 2.41. The van der Waals surface area contributed by atoms with Gasteiger partial charge in [-0.1, -0.05) is 25.5 Å². The molecule has 1 heterocycles. The van der Waals surface area contributed by atoms with E-state index in [-0.39, 0.29) is 24.0 Å². The Morgan fingerprint density at radius 3 is 2.81 bits per heavy atom. The van der Waals surface area contributed by atoms with Crippen LogP contribution in [0.2, 0.25) is 0 Å². The van der Waals surface area contributed by atoms with Gasteiger partial charge in [-0.25, -0.2) is 9.98 Å². The standard InChI is InChI=1S/C20H30N4OS.HI/c1-4-6-12-25-19-9-7-8-17(13-19)14-23-20(21-5-2)22-11-10-18-15-26-16(3)24-18;/h7-9,13,15H,4-6,10-12,14H2,1-3H3,(H2,21,22,23);1H. The number of hydrogen-bond acceptors (Lipinski definition) is 4. The topological polar surface area (TPSA) is 58.5 Å². The van der Waals surface area contributed by atoms with Gasteiger partial charge in [-0.05, 0) is 38.0 Å². The van der Waals surface area contributed by atoms with Crippen LogP contribution in [0.4, 0.5) is 0 Å². The van der Waals surface area contributed by atoms with Crippen LogP contribution in [0, 0.1) is 6.92 Å². The van der Waals surface area contributed by atoms with Crippen LogP contribution in [-0.4, -0.2) is 30.6 Å². The van der Waals surface area contributed by atoms with Crippen molar-refractivity contribution in [3.63, 3.8) is 0 Å². The molecule has 2 rings (SSSR count). The average Bonchev–Trinajstić information content (AvgIpc) is 3.05. The lowest BCUT2D eigenvalue weighted by Crippen LogP contribution is -2.38. The highest BCUT2D eigenvalue weighted by Gasteiger charge is 2.02. The molecule has 0 aliphatic heterocycles. The summed E-state index contributed by atoms with van der Waals surface area (Å²) in [5.74, 6) is 1.75. The lowest BCUT2D eigenvalue weighted by atomic mass is 10.2. The summed E-state index contributed by atoms with van der Waals surface area (Å²) in [4.78, 5) is 9.17. The number of guanidine groups is 1. The minimum atomic E-state index is 0. The van der Waals surface area contributed by atoms with Crippen molar-refractivity contribution >= 4 is 41.3 Å². The zero-order valence-electron chi connectivity index (χ0n) is 16.5. The number of aliphatic imine (C=N–C) groups is 1. The molecular weight excluding hydrogens is 471 g/mol. The van der Waals surface area contributed by atoms with Gasteiger partial charge in [0.1, 0.15) is 5.75 Å². The van der Waals surface area contributed by atoms with Gasteiger partial charge in [0.25, 0.3) is 0 Å². The fourth-order valence-corrected chi connectivity index (χ4v) is 3.06. The van der Waals surface area contributed by atoms with Gasteiger partial charge >= 0.3 is 0 Å². The Hall–Kier alpha value is -1.35. The van der Waals surface area contributed by atoms with E-state index in [1.54, 1.807) is 11.3 Å². The third kappa shape index (κ3) is 9.41. The molecular formula is C20H31IN4OS. The number of nitrogens with one attached hydrogen (secondary N) is 2. The molecule has 0 amide bonds. The smallest absolute Gasteiger partial charge is 0.191 e. The van der Waals surface area contributed by atoms with Crippen LogP contribution in [-0.2, 0) is 13.0 Å². The van der Waals surface area contributed by atoms with Gasteiger partial charge in [0.05, 0.1) is 23.9 Å². The molecule has 150 valence electrons. The highest BCUT2D eigenvalue weighted by Crippen LogP contribution is 2.14. The molecule has 0 saturated carbocycles. The van der Waals surface area contributed by atoms with Gasteiger partial charge < -0.3 is 15.4 Å². The van der Waals surface area contributed by atoms with Crippen molar-refractivity contribution in [3.05, 3.63) is 45.9 Å². The molecule has 0 unspecified atom stereocenters. The predicted molar refractivity (Wildman–Crippen MR) is 126 cm³/mol. The van der Waals surface area contributed by atoms with E-state index in [2.05, 4.69) is 52.0 Å². The number of rotatable bonds is 10. The summed E-state index contributed by atoms with van der Waals surface area (Å²) >= 11 is 1.69. The number of unbranched alkanes of at least 4 members (excludes halogenated alkanes) is 1. The van der Waals surface area contributed by atoms with Gasteiger partial charge in [0, 0.05) is 24.9 Å². The highest BCUT2D eigenvalue weighted by atomic mass is 127. The molecule has 0 radical (unpaired) electrons. The second kappa shape index (κ2) is 13.8. The number of aryl methyl sites for hydroxylation is 1. The van der Waals surface area contributed by atoms with Gasteiger partial charge in [-0.2, -0.15) is 0 Å². The van der Waals surface area contributed by atoms with E-state index in [4.69, 9.17) is 4.74 Å². The first-order chi connectivity index (χ1) is 12.7. The fraction of sp³-hybridized carbons (Fsp3) is 0.500. The second-order valence-electron chi connectivity index (χ2n) is 6.08. The summed E-state index contributed by atoms with van der Waals surface area (Å²) in [6.45, 7) is 9.31. The molecule has 2 N–H and O–H groups in total. The first kappa shape index (κ1) is 23.7. The lowest BCUT2D eigenvalue weighted by molar-refractivity contribution is 0.309. The van der Waals surface area contributed by atoms with E-state index in [1.807, 2.05) is 19.1 Å². The summed E-state index contributed by atoms with van der Waals surface area (Å²) in [7, 11) is 0. The van der Waals surface area contributed by atoms with Crippen molar-refractivity contribution < 1.29 is 4.74 Å². The molecule has 0 aliphatic carbocycles. The number of aromatic nitrogens is 1. The molecule has 27 heavy (non-hydrogen) atoms. The number of benzene rings is 1. The SMILES string of the molecule is CCCCOc1cccc(CN=C(NCC)NCCc2csc(C)n2)c1.I.